The normalized spacial score (nSPS) is 14.6. The van der Waals surface area contributed by atoms with Crippen molar-refractivity contribution in [2.75, 3.05) is 13.7 Å². The Bertz CT molecular complexity index is 2090. The lowest BCUT2D eigenvalue weighted by Crippen LogP contribution is -2.40. The third-order valence-electron chi connectivity index (χ3n) is 7.13. The Morgan fingerprint density at radius 3 is 2.43 bits per heavy atom. The highest BCUT2D eigenvalue weighted by molar-refractivity contribution is 7.07. The van der Waals surface area contributed by atoms with Gasteiger partial charge in [0.2, 0.25) is 0 Å². The smallest absolute Gasteiger partial charge is 0.338 e. The van der Waals surface area contributed by atoms with Crippen LogP contribution in [0.2, 0.25) is 0 Å². The van der Waals surface area contributed by atoms with E-state index in [-0.39, 0.29) is 23.3 Å². The zero-order valence-corrected chi connectivity index (χ0v) is 24.5. The summed E-state index contributed by atoms with van der Waals surface area (Å²) in [6, 6.07) is 25.5. The number of hydrogen-bond acceptors (Lipinski definition) is 8. The lowest BCUT2D eigenvalue weighted by atomic mass is 9.93. The molecule has 6 rings (SSSR count). The molecule has 0 bridgehead atoms. The third-order valence-corrected chi connectivity index (χ3v) is 8.11. The molecule has 0 saturated carbocycles. The van der Waals surface area contributed by atoms with Crippen LogP contribution in [0.3, 0.4) is 0 Å². The second-order valence-corrected chi connectivity index (χ2v) is 10.8. The molecule has 9 nitrogen and oxygen atoms in total. The summed E-state index contributed by atoms with van der Waals surface area (Å²) in [5.74, 6) is -0.298. The van der Waals surface area contributed by atoms with Crippen molar-refractivity contribution in [2.45, 2.75) is 13.0 Å². The average Bonchev–Trinajstić information content (AvgIpc) is 3.64. The van der Waals surface area contributed by atoms with Gasteiger partial charge in [0.05, 0.1) is 41.1 Å². The predicted octanol–water partition coefficient (Wildman–Crippen LogP) is 4.90. The highest BCUT2D eigenvalue weighted by Gasteiger charge is 2.35. The first-order chi connectivity index (χ1) is 21.4. The molecular formula is C34H26N2O7S. The first kappa shape index (κ1) is 28.6. The molecule has 0 spiro atoms. The molecule has 1 atom stereocenters. The van der Waals surface area contributed by atoms with Crippen molar-refractivity contribution < 1.29 is 28.6 Å². The van der Waals surface area contributed by atoms with Gasteiger partial charge in [0, 0.05) is 17.2 Å². The fourth-order valence-corrected chi connectivity index (χ4v) is 6.11. The summed E-state index contributed by atoms with van der Waals surface area (Å²) in [7, 11) is 1.57. The highest BCUT2D eigenvalue weighted by Crippen LogP contribution is 2.35. The number of ether oxygens (including phenoxy) is 2. The molecule has 3 aromatic carbocycles. The fraction of sp³-hybridized carbons (Fsp3) is 0.118. The third kappa shape index (κ3) is 5.27. The van der Waals surface area contributed by atoms with Gasteiger partial charge in [0.1, 0.15) is 17.3 Å². The van der Waals surface area contributed by atoms with Gasteiger partial charge in [-0.1, -0.05) is 72.0 Å². The first-order valence-corrected chi connectivity index (χ1v) is 14.6. The summed E-state index contributed by atoms with van der Waals surface area (Å²) in [6.07, 6.45) is 1.60. The SMILES string of the molecule is CCOC(=O)C1=C(c2ccccc2)N=c2s/c(=C\c3ccc(-c4ccccc4C(=O)O)o3)c(=O)n2[C@@H]1c1ccc(OC)cc1. The number of aromatic nitrogens is 1. The Morgan fingerprint density at radius 2 is 1.73 bits per heavy atom. The number of carboxylic acids is 1. The van der Waals surface area contributed by atoms with Crippen LogP contribution in [0.5, 0.6) is 5.75 Å². The monoisotopic (exact) mass is 606 g/mol. The molecule has 0 amide bonds. The summed E-state index contributed by atoms with van der Waals surface area (Å²) < 4.78 is 18.6. The lowest BCUT2D eigenvalue weighted by Gasteiger charge is -2.26. The van der Waals surface area contributed by atoms with Crippen LogP contribution in [0.15, 0.2) is 111 Å². The maximum Gasteiger partial charge on any atom is 0.338 e. The van der Waals surface area contributed by atoms with Gasteiger partial charge >= 0.3 is 11.9 Å². The maximum atomic E-state index is 14.1. The van der Waals surface area contributed by atoms with E-state index < -0.39 is 18.0 Å². The zero-order valence-electron chi connectivity index (χ0n) is 23.7. The number of carboxylic acid groups (broad SMARTS) is 1. The second-order valence-electron chi connectivity index (χ2n) is 9.76. The second kappa shape index (κ2) is 12.0. The lowest BCUT2D eigenvalue weighted by molar-refractivity contribution is -0.138. The van der Waals surface area contributed by atoms with E-state index in [1.54, 1.807) is 62.6 Å². The Morgan fingerprint density at radius 1 is 1.00 bits per heavy atom. The van der Waals surface area contributed by atoms with Crippen molar-refractivity contribution >= 4 is 35.0 Å². The average molecular weight is 607 g/mol. The zero-order chi connectivity index (χ0) is 30.8. The van der Waals surface area contributed by atoms with E-state index in [9.17, 15) is 19.5 Å². The van der Waals surface area contributed by atoms with Gasteiger partial charge in [-0.15, -0.1) is 0 Å². The molecule has 1 N–H and O–H groups in total. The Hall–Kier alpha value is -5.48. The number of esters is 1. The summed E-state index contributed by atoms with van der Waals surface area (Å²) in [5.41, 5.74) is 2.21. The van der Waals surface area contributed by atoms with Crippen LogP contribution >= 0.6 is 11.3 Å². The first-order valence-electron chi connectivity index (χ1n) is 13.7. The Kier molecular flexibility index (Phi) is 7.82. The van der Waals surface area contributed by atoms with Gasteiger partial charge in [0.25, 0.3) is 5.56 Å². The fourth-order valence-electron chi connectivity index (χ4n) is 5.13. The van der Waals surface area contributed by atoms with Crippen LogP contribution in [-0.2, 0) is 9.53 Å². The maximum absolute atomic E-state index is 14.1. The topological polar surface area (TPSA) is 120 Å². The van der Waals surface area contributed by atoms with E-state index in [4.69, 9.17) is 18.9 Å². The van der Waals surface area contributed by atoms with Gasteiger partial charge in [0.15, 0.2) is 4.80 Å². The molecule has 3 heterocycles. The molecule has 0 saturated heterocycles. The van der Waals surface area contributed by atoms with Crippen LogP contribution in [0.4, 0.5) is 0 Å². The van der Waals surface area contributed by atoms with E-state index in [2.05, 4.69) is 0 Å². The number of nitrogens with zero attached hydrogens (tertiary/aromatic N) is 2. The molecule has 5 aromatic rings. The van der Waals surface area contributed by atoms with Crippen molar-refractivity contribution in [2.24, 2.45) is 4.99 Å². The van der Waals surface area contributed by atoms with E-state index in [0.717, 1.165) is 11.3 Å². The van der Waals surface area contributed by atoms with Crippen molar-refractivity contribution in [3.05, 3.63) is 139 Å². The van der Waals surface area contributed by atoms with Crippen molar-refractivity contribution in [3.8, 4) is 17.1 Å². The van der Waals surface area contributed by atoms with Crippen LogP contribution in [0.1, 0.15) is 40.2 Å². The minimum absolute atomic E-state index is 0.104. The highest BCUT2D eigenvalue weighted by atomic mass is 32.1. The molecule has 0 radical (unpaired) electrons. The number of benzene rings is 3. The molecule has 0 fully saturated rings. The standard InChI is InChI=1S/C34H26N2O7S/c1-3-42-33(40)28-29(20-9-5-4-6-10-20)35-34-36(30(28)21-13-15-22(41-2)16-14-21)31(37)27(44-34)19-23-17-18-26(43-23)24-11-7-8-12-25(24)32(38)39/h4-19,30H,3H2,1-2H3,(H,38,39)/b27-19-/t30-/m1/s1. The number of fused-ring (bicyclic) bond motifs is 1. The van der Waals surface area contributed by atoms with Crippen LogP contribution in [0, 0.1) is 0 Å². The van der Waals surface area contributed by atoms with Crippen LogP contribution in [0.25, 0.3) is 23.1 Å². The molecule has 44 heavy (non-hydrogen) atoms. The number of hydrogen-bond donors (Lipinski definition) is 1. The minimum Gasteiger partial charge on any atom is -0.497 e. The molecule has 0 aliphatic carbocycles. The van der Waals surface area contributed by atoms with Crippen LogP contribution in [-0.4, -0.2) is 35.3 Å². The van der Waals surface area contributed by atoms with Gasteiger partial charge in [-0.3, -0.25) is 9.36 Å². The molecule has 10 heteroatoms. The number of carbonyl (C=O) groups excluding carboxylic acids is 1. The van der Waals surface area contributed by atoms with Crippen LogP contribution < -0.4 is 19.6 Å². The molecule has 0 unspecified atom stereocenters. The molecular weight excluding hydrogens is 580 g/mol. The van der Waals surface area contributed by atoms with Crippen molar-refractivity contribution in [3.63, 3.8) is 0 Å². The summed E-state index contributed by atoms with van der Waals surface area (Å²) >= 11 is 1.16. The van der Waals surface area contributed by atoms with E-state index in [1.165, 1.54) is 10.6 Å². The minimum atomic E-state index is -1.07. The Balaban J connectivity index is 1.55. The van der Waals surface area contributed by atoms with Gasteiger partial charge in [-0.2, -0.15) is 0 Å². The largest absolute Gasteiger partial charge is 0.497 e. The van der Waals surface area contributed by atoms with E-state index >= 15 is 0 Å². The molecule has 2 aromatic heterocycles. The van der Waals surface area contributed by atoms with Gasteiger partial charge < -0.3 is 19.0 Å². The molecule has 1 aliphatic heterocycles. The number of methoxy groups -OCH3 is 1. The quantitative estimate of drug-likeness (QED) is 0.250. The Labute approximate surface area is 255 Å². The molecule has 1 aliphatic rings. The van der Waals surface area contributed by atoms with E-state index in [0.29, 0.717) is 49.0 Å². The number of carbonyl (C=O) groups is 2. The number of furan rings is 1. The summed E-state index contributed by atoms with van der Waals surface area (Å²) in [5, 5.41) is 9.60. The molecule has 220 valence electrons. The van der Waals surface area contributed by atoms with Gasteiger partial charge in [-0.05, 0) is 42.8 Å². The van der Waals surface area contributed by atoms with Gasteiger partial charge in [-0.25, -0.2) is 14.6 Å². The number of thiazole rings is 1. The van der Waals surface area contributed by atoms with Crippen molar-refractivity contribution in [1.82, 2.24) is 4.57 Å². The number of aromatic carboxylic acids is 1. The summed E-state index contributed by atoms with van der Waals surface area (Å²) in [6.45, 7) is 1.88. The number of rotatable bonds is 8. The summed E-state index contributed by atoms with van der Waals surface area (Å²) in [4.78, 5) is 44.6. The van der Waals surface area contributed by atoms with E-state index in [1.807, 2.05) is 42.5 Å². The van der Waals surface area contributed by atoms with Crippen molar-refractivity contribution in [1.29, 1.82) is 0 Å². The predicted molar refractivity (Wildman–Crippen MR) is 165 cm³/mol.